The second-order valence-corrected chi connectivity index (χ2v) is 3.82. The number of hydrogen-bond donors (Lipinski definition) is 2. The Morgan fingerprint density at radius 2 is 2.08 bits per heavy atom. The molecule has 12 heavy (non-hydrogen) atoms. The predicted octanol–water partition coefficient (Wildman–Crippen LogP) is 1.60. The first kappa shape index (κ1) is 7.62. The molecule has 1 aliphatic rings. The van der Waals surface area contributed by atoms with Crippen LogP contribution in [0.15, 0.2) is 24.3 Å². The van der Waals surface area contributed by atoms with Gasteiger partial charge in [0.05, 0.1) is 0 Å². The number of para-hydroxylation sites is 1. The van der Waals surface area contributed by atoms with Crippen LogP contribution in [-0.4, -0.2) is 10.6 Å². The van der Waals surface area contributed by atoms with Crippen LogP contribution in [0.25, 0.3) is 0 Å². The Morgan fingerprint density at radius 1 is 1.50 bits per heavy atom. The molecule has 2 atom stereocenters. The molecule has 64 valence electrons. The van der Waals surface area contributed by atoms with Crippen LogP contribution in [-0.2, 0) is 0 Å². The van der Waals surface area contributed by atoms with Gasteiger partial charge < -0.3 is 10.8 Å². The van der Waals surface area contributed by atoms with Crippen molar-refractivity contribution >= 4 is 0 Å². The fraction of sp³-hybridized carbons (Fsp3) is 0.400. The zero-order valence-electron chi connectivity index (χ0n) is 7.12. The highest BCUT2D eigenvalue weighted by molar-refractivity contribution is 5.41. The van der Waals surface area contributed by atoms with E-state index in [1.165, 1.54) is 0 Å². The average molecular weight is 163 g/mol. The van der Waals surface area contributed by atoms with Crippen molar-refractivity contribution in [2.24, 2.45) is 5.73 Å². The maximum atomic E-state index is 9.50. The Morgan fingerprint density at radius 3 is 2.58 bits per heavy atom. The third-order valence-electron chi connectivity index (χ3n) is 2.59. The Balaban J connectivity index is 2.31. The molecular formula is C10H13NO. The molecule has 1 saturated carbocycles. The summed E-state index contributed by atoms with van der Waals surface area (Å²) in [7, 11) is 0. The summed E-state index contributed by atoms with van der Waals surface area (Å²) in [5.74, 6) is 0.718. The van der Waals surface area contributed by atoms with E-state index in [0.717, 1.165) is 12.0 Å². The summed E-state index contributed by atoms with van der Waals surface area (Å²) in [6.45, 7) is 2.02. The van der Waals surface area contributed by atoms with Crippen molar-refractivity contribution in [3.63, 3.8) is 0 Å². The van der Waals surface area contributed by atoms with Crippen LogP contribution in [0.4, 0.5) is 0 Å². The van der Waals surface area contributed by atoms with E-state index in [9.17, 15) is 5.11 Å². The number of benzene rings is 1. The fourth-order valence-corrected chi connectivity index (χ4v) is 1.63. The van der Waals surface area contributed by atoms with Gasteiger partial charge in [0.15, 0.2) is 0 Å². The van der Waals surface area contributed by atoms with Crippen LogP contribution in [0, 0.1) is 0 Å². The molecule has 1 aromatic rings. The van der Waals surface area contributed by atoms with E-state index in [2.05, 4.69) is 0 Å². The second-order valence-electron chi connectivity index (χ2n) is 3.82. The van der Waals surface area contributed by atoms with Crippen LogP contribution >= 0.6 is 0 Å². The van der Waals surface area contributed by atoms with E-state index in [1.54, 1.807) is 6.07 Å². The van der Waals surface area contributed by atoms with Crippen molar-refractivity contribution in [3.8, 4) is 5.75 Å². The van der Waals surface area contributed by atoms with Crippen molar-refractivity contribution in [1.82, 2.24) is 0 Å². The van der Waals surface area contributed by atoms with Gasteiger partial charge in [-0.2, -0.15) is 0 Å². The van der Waals surface area contributed by atoms with Gasteiger partial charge >= 0.3 is 0 Å². The maximum absolute atomic E-state index is 9.50. The highest BCUT2D eigenvalue weighted by atomic mass is 16.3. The van der Waals surface area contributed by atoms with E-state index in [-0.39, 0.29) is 5.54 Å². The molecule has 1 fully saturated rings. The van der Waals surface area contributed by atoms with Gasteiger partial charge in [0, 0.05) is 11.5 Å². The molecule has 2 rings (SSSR count). The lowest BCUT2D eigenvalue weighted by atomic mass is 10.1. The standard InChI is InChI=1S/C10H13NO/c1-10(11)6-8(10)7-4-2-3-5-9(7)12/h2-5,8,12H,6,11H2,1H3. The molecule has 3 N–H and O–H groups in total. The van der Waals surface area contributed by atoms with Gasteiger partial charge in [0.2, 0.25) is 0 Å². The zero-order valence-corrected chi connectivity index (χ0v) is 7.12. The third-order valence-corrected chi connectivity index (χ3v) is 2.59. The molecule has 0 heterocycles. The van der Waals surface area contributed by atoms with E-state index in [0.29, 0.717) is 11.7 Å². The summed E-state index contributed by atoms with van der Waals surface area (Å²) in [6, 6.07) is 7.42. The Labute approximate surface area is 72.0 Å². The molecule has 2 unspecified atom stereocenters. The molecule has 0 spiro atoms. The van der Waals surface area contributed by atoms with Gasteiger partial charge in [-0.1, -0.05) is 18.2 Å². The van der Waals surface area contributed by atoms with E-state index >= 15 is 0 Å². The summed E-state index contributed by atoms with van der Waals surface area (Å²) in [5, 5.41) is 9.50. The largest absolute Gasteiger partial charge is 0.508 e. The van der Waals surface area contributed by atoms with Gasteiger partial charge in [-0.25, -0.2) is 0 Å². The normalized spacial score (nSPS) is 33.3. The first-order valence-corrected chi connectivity index (χ1v) is 4.18. The minimum absolute atomic E-state index is 0.0984. The molecule has 0 saturated heterocycles. The molecule has 0 aromatic heterocycles. The summed E-state index contributed by atoms with van der Waals surface area (Å²) >= 11 is 0. The van der Waals surface area contributed by atoms with Gasteiger partial charge in [-0.3, -0.25) is 0 Å². The van der Waals surface area contributed by atoms with Crippen molar-refractivity contribution in [1.29, 1.82) is 0 Å². The summed E-state index contributed by atoms with van der Waals surface area (Å²) in [5.41, 5.74) is 6.79. The van der Waals surface area contributed by atoms with Crippen molar-refractivity contribution in [3.05, 3.63) is 29.8 Å². The summed E-state index contributed by atoms with van der Waals surface area (Å²) in [4.78, 5) is 0. The third kappa shape index (κ3) is 1.08. The minimum atomic E-state index is -0.0984. The topological polar surface area (TPSA) is 46.2 Å². The number of phenolic OH excluding ortho intramolecular Hbond substituents is 1. The quantitative estimate of drug-likeness (QED) is 0.660. The Hall–Kier alpha value is -1.02. The first-order valence-electron chi connectivity index (χ1n) is 4.18. The lowest BCUT2D eigenvalue weighted by molar-refractivity contribution is 0.466. The smallest absolute Gasteiger partial charge is 0.119 e. The molecule has 0 amide bonds. The molecule has 1 aliphatic carbocycles. The number of hydrogen-bond acceptors (Lipinski definition) is 2. The molecule has 0 aliphatic heterocycles. The van der Waals surface area contributed by atoms with Crippen LogP contribution in [0.5, 0.6) is 5.75 Å². The first-order chi connectivity index (χ1) is 5.61. The number of nitrogens with two attached hydrogens (primary N) is 1. The summed E-state index contributed by atoms with van der Waals surface area (Å²) < 4.78 is 0. The molecule has 0 bridgehead atoms. The van der Waals surface area contributed by atoms with Crippen LogP contribution < -0.4 is 5.73 Å². The molecule has 2 heteroatoms. The van der Waals surface area contributed by atoms with Gasteiger partial charge in [0.25, 0.3) is 0 Å². The zero-order chi connectivity index (χ0) is 8.77. The lowest BCUT2D eigenvalue weighted by Gasteiger charge is -2.05. The van der Waals surface area contributed by atoms with Crippen LogP contribution in [0.1, 0.15) is 24.8 Å². The molecule has 0 radical (unpaired) electrons. The average Bonchev–Trinajstić information content (AvgIpc) is 2.61. The molecule has 1 aromatic carbocycles. The van der Waals surface area contributed by atoms with Gasteiger partial charge in [0.1, 0.15) is 5.75 Å². The van der Waals surface area contributed by atoms with Crippen molar-refractivity contribution < 1.29 is 5.11 Å². The van der Waals surface area contributed by atoms with Crippen molar-refractivity contribution in [2.75, 3.05) is 0 Å². The monoisotopic (exact) mass is 163 g/mol. The molecule has 2 nitrogen and oxygen atoms in total. The number of phenols is 1. The second kappa shape index (κ2) is 2.23. The predicted molar refractivity (Wildman–Crippen MR) is 48.1 cm³/mol. The van der Waals surface area contributed by atoms with E-state index < -0.39 is 0 Å². The maximum Gasteiger partial charge on any atom is 0.119 e. The number of rotatable bonds is 1. The van der Waals surface area contributed by atoms with Crippen LogP contribution in [0.2, 0.25) is 0 Å². The van der Waals surface area contributed by atoms with Gasteiger partial charge in [-0.15, -0.1) is 0 Å². The lowest BCUT2D eigenvalue weighted by Crippen LogP contribution is -2.18. The SMILES string of the molecule is CC1(N)CC1c1ccccc1O. The fourth-order valence-electron chi connectivity index (χ4n) is 1.63. The van der Waals surface area contributed by atoms with E-state index in [1.807, 2.05) is 25.1 Å². The summed E-state index contributed by atoms with van der Waals surface area (Å²) in [6.07, 6.45) is 0.977. The van der Waals surface area contributed by atoms with Gasteiger partial charge in [-0.05, 0) is 25.0 Å². The van der Waals surface area contributed by atoms with Crippen molar-refractivity contribution in [2.45, 2.75) is 24.8 Å². The highest BCUT2D eigenvalue weighted by Gasteiger charge is 2.48. The Kier molecular flexibility index (Phi) is 1.42. The Bertz CT molecular complexity index is 306. The number of aromatic hydroxyl groups is 1. The highest BCUT2D eigenvalue weighted by Crippen LogP contribution is 2.51. The molecular weight excluding hydrogens is 150 g/mol. The van der Waals surface area contributed by atoms with E-state index in [4.69, 9.17) is 5.73 Å². The minimum Gasteiger partial charge on any atom is -0.508 e. The van der Waals surface area contributed by atoms with Crippen LogP contribution in [0.3, 0.4) is 0 Å².